The van der Waals surface area contributed by atoms with Crippen LogP contribution in [0.4, 0.5) is 9.18 Å². The summed E-state index contributed by atoms with van der Waals surface area (Å²) in [6.45, 7) is 1.86. The van der Waals surface area contributed by atoms with Crippen molar-refractivity contribution in [2.24, 2.45) is 0 Å². The van der Waals surface area contributed by atoms with Gasteiger partial charge in [-0.2, -0.15) is 0 Å². The zero-order valence-electron chi connectivity index (χ0n) is 14.5. The molecular formula is C19H17FN2O5. The molecule has 1 saturated heterocycles. The fraction of sp³-hybridized carbons (Fsp3) is 0.263. The van der Waals surface area contributed by atoms with Gasteiger partial charge in [0.05, 0.1) is 6.54 Å². The number of fused-ring (bicyclic) bond motifs is 1. The van der Waals surface area contributed by atoms with Gasteiger partial charge in [-0.15, -0.1) is 0 Å². The maximum Gasteiger partial charge on any atom is 0.325 e. The molecule has 1 atom stereocenters. The Morgan fingerprint density at radius 2 is 2.00 bits per heavy atom. The van der Waals surface area contributed by atoms with Crippen molar-refractivity contribution in [2.75, 3.05) is 19.9 Å². The Kier molecular flexibility index (Phi) is 4.10. The fourth-order valence-corrected chi connectivity index (χ4v) is 3.11. The Labute approximate surface area is 154 Å². The first-order chi connectivity index (χ1) is 13.0. The van der Waals surface area contributed by atoms with E-state index in [1.807, 2.05) is 0 Å². The topological polar surface area (TPSA) is 77.1 Å². The van der Waals surface area contributed by atoms with Crippen molar-refractivity contribution in [1.29, 1.82) is 0 Å². The number of hydrogen-bond donors (Lipinski definition) is 1. The number of carbonyl (C=O) groups excluding carboxylic acids is 2. The molecule has 2 aromatic rings. The SMILES string of the molecule is CC1(c2ccc3c(c2)OCO3)NC(=O)N(CCOc2cccc(F)c2)C1=O. The van der Waals surface area contributed by atoms with Crippen LogP contribution < -0.4 is 19.5 Å². The van der Waals surface area contributed by atoms with E-state index in [4.69, 9.17) is 14.2 Å². The molecule has 1 unspecified atom stereocenters. The Hall–Kier alpha value is -3.29. The third-order valence-electron chi connectivity index (χ3n) is 4.60. The minimum Gasteiger partial charge on any atom is -0.492 e. The number of hydrogen-bond acceptors (Lipinski definition) is 5. The van der Waals surface area contributed by atoms with Gasteiger partial charge in [-0.3, -0.25) is 9.69 Å². The van der Waals surface area contributed by atoms with Crippen LogP contribution in [-0.2, 0) is 10.3 Å². The van der Waals surface area contributed by atoms with E-state index in [1.54, 1.807) is 31.2 Å². The van der Waals surface area contributed by atoms with E-state index >= 15 is 0 Å². The molecule has 8 heteroatoms. The molecule has 2 heterocycles. The average molecular weight is 372 g/mol. The first-order valence-corrected chi connectivity index (χ1v) is 8.40. The van der Waals surface area contributed by atoms with Crippen molar-refractivity contribution in [1.82, 2.24) is 10.2 Å². The van der Waals surface area contributed by atoms with Gasteiger partial charge in [0, 0.05) is 6.07 Å². The molecule has 1 N–H and O–H groups in total. The maximum absolute atomic E-state index is 13.2. The summed E-state index contributed by atoms with van der Waals surface area (Å²) in [4.78, 5) is 26.3. The Morgan fingerprint density at radius 3 is 2.81 bits per heavy atom. The van der Waals surface area contributed by atoms with Crippen molar-refractivity contribution in [3.05, 3.63) is 53.8 Å². The number of nitrogens with one attached hydrogen (secondary N) is 1. The summed E-state index contributed by atoms with van der Waals surface area (Å²) in [5.41, 5.74) is -0.615. The predicted octanol–water partition coefficient (Wildman–Crippen LogP) is 2.40. The maximum atomic E-state index is 13.2. The zero-order chi connectivity index (χ0) is 19.0. The Bertz CT molecular complexity index is 919. The minimum atomic E-state index is -1.21. The highest BCUT2D eigenvalue weighted by Gasteiger charge is 2.49. The molecule has 7 nitrogen and oxygen atoms in total. The van der Waals surface area contributed by atoms with Crippen molar-refractivity contribution in [3.63, 3.8) is 0 Å². The second-order valence-corrected chi connectivity index (χ2v) is 6.39. The third kappa shape index (κ3) is 3.03. The second kappa shape index (κ2) is 6.46. The monoisotopic (exact) mass is 372 g/mol. The van der Waals surface area contributed by atoms with Crippen LogP contribution in [0.25, 0.3) is 0 Å². The summed E-state index contributed by atoms with van der Waals surface area (Å²) >= 11 is 0. The van der Waals surface area contributed by atoms with Crippen LogP contribution in [0.15, 0.2) is 42.5 Å². The molecule has 27 heavy (non-hydrogen) atoms. The highest BCUT2D eigenvalue weighted by Crippen LogP contribution is 2.37. The summed E-state index contributed by atoms with van der Waals surface area (Å²) in [5.74, 6) is 0.649. The lowest BCUT2D eigenvalue weighted by molar-refractivity contribution is -0.131. The van der Waals surface area contributed by atoms with Gasteiger partial charge >= 0.3 is 6.03 Å². The molecule has 0 saturated carbocycles. The molecule has 0 radical (unpaired) electrons. The molecule has 0 aliphatic carbocycles. The second-order valence-electron chi connectivity index (χ2n) is 6.39. The first kappa shape index (κ1) is 17.1. The molecule has 0 bridgehead atoms. The van der Waals surface area contributed by atoms with Gasteiger partial charge in [0.25, 0.3) is 5.91 Å². The van der Waals surface area contributed by atoms with E-state index in [-0.39, 0.29) is 19.9 Å². The normalized spacial score (nSPS) is 20.7. The fourth-order valence-electron chi connectivity index (χ4n) is 3.11. The van der Waals surface area contributed by atoms with Crippen molar-refractivity contribution in [3.8, 4) is 17.2 Å². The van der Waals surface area contributed by atoms with Gasteiger partial charge in [0.1, 0.15) is 23.7 Å². The number of benzene rings is 2. The average Bonchev–Trinajstić information content (AvgIpc) is 3.20. The molecule has 140 valence electrons. The van der Waals surface area contributed by atoms with E-state index in [0.29, 0.717) is 22.8 Å². The smallest absolute Gasteiger partial charge is 0.325 e. The highest BCUT2D eigenvalue weighted by molar-refractivity contribution is 6.07. The molecule has 0 spiro atoms. The molecule has 3 amide bonds. The van der Waals surface area contributed by atoms with Crippen molar-refractivity contribution < 1.29 is 28.2 Å². The van der Waals surface area contributed by atoms with Crippen LogP contribution in [0.1, 0.15) is 12.5 Å². The van der Waals surface area contributed by atoms with E-state index in [1.165, 1.54) is 18.2 Å². The summed E-state index contributed by atoms with van der Waals surface area (Å²) in [5, 5.41) is 2.72. The van der Waals surface area contributed by atoms with Gasteiger partial charge in [0.2, 0.25) is 6.79 Å². The number of urea groups is 1. The predicted molar refractivity (Wildman–Crippen MR) is 92.1 cm³/mol. The standard InChI is InChI=1S/C19H17FN2O5/c1-19(12-5-6-15-16(9-12)27-11-26-15)17(23)22(18(24)21-19)7-8-25-14-4-2-3-13(20)10-14/h2-6,9-10H,7-8,11H2,1H3,(H,21,24). The Morgan fingerprint density at radius 1 is 1.19 bits per heavy atom. The number of carbonyl (C=O) groups is 2. The van der Waals surface area contributed by atoms with Gasteiger partial charge < -0.3 is 19.5 Å². The molecule has 2 aliphatic rings. The largest absolute Gasteiger partial charge is 0.492 e. The summed E-state index contributed by atoms with van der Waals surface area (Å²) in [7, 11) is 0. The number of rotatable bonds is 5. The van der Waals surface area contributed by atoms with E-state index in [9.17, 15) is 14.0 Å². The van der Waals surface area contributed by atoms with Crippen molar-refractivity contribution in [2.45, 2.75) is 12.5 Å². The summed E-state index contributed by atoms with van der Waals surface area (Å²) in [6.07, 6.45) is 0. The van der Waals surface area contributed by atoms with Gasteiger partial charge in [-0.1, -0.05) is 12.1 Å². The number of amides is 3. The van der Waals surface area contributed by atoms with E-state index in [0.717, 1.165) is 4.90 Å². The molecular weight excluding hydrogens is 355 g/mol. The number of halogens is 1. The van der Waals surface area contributed by atoms with Crippen LogP contribution in [-0.4, -0.2) is 36.8 Å². The molecule has 0 aromatic heterocycles. The molecule has 2 aromatic carbocycles. The minimum absolute atomic E-state index is 0.0430. The molecule has 2 aliphatic heterocycles. The van der Waals surface area contributed by atoms with E-state index < -0.39 is 23.3 Å². The summed E-state index contributed by atoms with van der Waals surface area (Å²) < 4.78 is 29.2. The highest BCUT2D eigenvalue weighted by atomic mass is 19.1. The van der Waals surface area contributed by atoms with Crippen LogP contribution in [0.2, 0.25) is 0 Å². The lowest BCUT2D eigenvalue weighted by Gasteiger charge is -2.22. The van der Waals surface area contributed by atoms with Crippen LogP contribution in [0, 0.1) is 5.82 Å². The number of nitrogens with zero attached hydrogens (tertiary/aromatic N) is 1. The zero-order valence-corrected chi connectivity index (χ0v) is 14.5. The van der Waals surface area contributed by atoms with Gasteiger partial charge in [-0.05, 0) is 36.8 Å². The Balaban J connectivity index is 1.46. The van der Waals surface area contributed by atoms with Crippen LogP contribution in [0.3, 0.4) is 0 Å². The van der Waals surface area contributed by atoms with E-state index in [2.05, 4.69) is 5.32 Å². The molecule has 4 rings (SSSR count). The number of ether oxygens (including phenoxy) is 3. The van der Waals surface area contributed by atoms with Crippen molar-refractivity contribution >= 4 is 11.9 Å². The quantitative estimate of drug-likeness (QED) is 0.816. The molecule has 1 fully saturated rings. The number of imide groups is 1. The van der Waals surface area contributed by atoms with Crippen LogP contribution >= 0.6 is 0 Å². The first-order valence-electron chi connectivity index (χ1n) is 8.40. The lowest BCUT2D eigenvalue weighted by atomic mass is 9.91. The van der Waals surface area contributed by atoms with Gasteiger partial charge in [-0.25, -0.2) is 9.18 Å². The van der Waals surface area contributed by atoms with Crippen LogP contribution in [0.5, 0.6) is 17.2 Å². The third-order valence-corrected chi connectivity index (χ3v) is 4.60. The van der Waals surface area contributed by atoms with Gasteiger partial charge in [0.15, 0.2) is 11.5 Å². The lowest BCUT2D eigenvalue weighted by Crippen LogP contribution is -2.41. The summed E-state index contributed by atoms with van der Waals surface area (Å²) in [6, 6.07) is 10.3.